The molecule has 1 amide bonds. The average molecular weight is 313 g/mol. The van der Waals surface area contributed by atoms with Crippen LogP contribution in [0, 0.1) is 0 Å². The zero-order valence-corrected chi connectivity index (χ0v) is 12.7. The topological polar surface area (TPSA) is 73.4 Å². The van der Waals surface area contributed by atoms with E-state index in [1.807, 2.05) is 5.01 Å². The lowest BCUT2D eigenvalue weighted by molar-refractivity contribution is 0.0820. The van der Waals surface area contributed by atoms with E-state index in [1.54, 1.807) is 12.4 Å². The van der Waals surface area contributed by atoms with Crippen LogP contribution in [-0.4, -0.2) is 60.2 Å². The maximum atomic E-state index is 12.0. The van der Waals surface area contributed by atoms with Crippen molar-refractivity contribution in [3.8, 4) is 0 Å². The van der Waals surface area contributed by atoms with Crippen LogP contribution in [-0.2, 0) is 0 Å². The summed E-state index contributed by atoms with van der Waals surface area (Å²) >= 11 is 0. The van der Waals surface area contributed by atoms with Crippen molar-refractivity contribution in [2.24, 2.45) is 0 Å². The number of hydrazine groups is 1. The first kappa shape index (κ1) is 15.9. The van der Waals surface area contributed by atoms with Gasteiger partial charge >= 0.3 is 0 Å². The summed E-state index contributed by atoms with van der Waals surface area (Å²) in [4.78, 5) is 22.8. The number of aromatic nitrogens is 2. The van der Waals surface area contributed by atoms with E-state index in [-0.39, 0.29) is 18.3 Å². The summed E-state index contributed by atoms with van der Waals surface area (Å²) in [7, 11) is 0. The van der Waals surface area contributed by atoms with Crippen molar-refractivity contribution in [2.45, 2.75) is 12.8 Å². The number of nitrogens with one attached hydrogen (secondary N) is 2. The number of anilines is 1. The number of carbonyl (C=O) groups is 1. The highest BCUT2D eigenvalue weighted by atomic mass is 35.5. The Morgan fingerprint density at radius 2 is 1.81 bits per heavy atom. The van der Waals surface area contributed by atoms with Crippen molar-refractivity contribution < 1.29 is 4.79 Å². The molecular formula is C13H21ClN6O. The molecule has 3 rings (SSSR count). The number of piperazine rings is 1. The summed E-state index contributed by atoms with van der Waals surface area (Å²) in [5, 5.41) is 5.23. The van der Waals surface area contributed by atoms with Crippen molar-refractivity contribution in [2.75, 3.05) is 44.2 Å². The second-order valence-electron chi connectivity index (χ2n) is 5.13. The highest BCUT2D eigenvalue weighted by Gasteiger charge is 2.17. The van der Waals surface area contributed by atoms with Gasteiger partial charge in [0.1, 0.15) is 11.5 Å². The Labute approximate surface area is 130 Å². The summed E-state index contributed by atoms with van der Waals surface area (Å²) in [6.45, 7) is 5.59. The third-order valence-electron chi connectivity index (χ3n) is 3.68. The lowest BCUT2D eigenvalue weighted by Crippen LogP contribution is -2.44. The Bertz CT molecular complexity index is 456. The minimum absolute atomic E-state index is 0. The zero-order valence-electron chi connectivity index (χ0n) is 11.9. The molecule has 0 saturated carbocycles. The maximum Gasteiger partial charge on any atom is 0.285 e. The fraction of sp³-hybridized carbons (Fsp3) is 0.615. The van der Waals surface area contributed by atoms with Gasteiger partial charge in [0.15, 0.2) is 0 Å². The maximum absolute atomic E-state index is 12.0. The van der Waals surface area contributed by atoms with Crippen molar-refractivity contribution >= 4 is 24.1 Å². The molecule has 0 aliphatic carbocycles. The van der Waals surface area contributed by atoms with Crippen molar-refractivity contribution in [1.29, 1.82) is 0 Å². The van der Waals surface area contributed by atoms with Gasteiger partial charge in [-0.25, -0.2) is 15.0 Å². The van der Waals surface area contributed by atoms with Crippen LogP contribution in [0.3, 0.4) is 0 Å². The molecule has 0 bridgehead atoms. The predicted octanol–water partition coefficient (Wildman–Crippen LogP) is 0.0486. The first-order valence-corrected chi connectivity index (χ1v) is 7.16. The molecule has 0 unspecified atom stereocenters. The third kappa shape index (κ3) is 4.03. The molecule has 0 radical (unpaired) electrons. The van der Waals surface area contributed by atoms with E-state index in [9.17, 15) is 4.79 Å². The Morgan fingerprint density at radius 1 is 1.10 bits per heavy atom. The van der Waals surface area contributed by atoms with Gasteiger partial charge in [-0.2, -0.15) is 0 Å². The largest absolute Gasteiger partial charge is 0.353 e. The fourth-order valence-electron chi connectivity index (χ4n) is 2.53. The third-order valence-corrected chi connectivity index (χ3v) is 3.68. The second-order valence-corrected chi connectivity index (χ2v) is 5.13. The number of halogens is 1. The molecule has 116 valence electrons. The normalized spacial score (nSPS) is 19.1. The quantitative estimate of drug-likeness (QED) is 0.821. The van der Waals surface area contributed by atoms with Crippen LogP contribution in [0.15, 0.2) is 12.4 Å². The summed E-state index contributed by atoms with van der Waals surface area (Å²) < 4.78 is 0. The molecule has 0 aromatic carbocycles. The number of rotatable bonds is 3. The summed E-state index contributed by atoms with van der Waals surface area (Å²) in [5.41, 5.74) is 3.23. The van der Waals surface area contributed by atoms with E-state index in [4.69, 9.17) is 0 Å². The van der Waals surface area contributed by atoms with Crippen LogP contribution >= 0.6 is 12.4 Å². The zero-order chi connectivity index (χ0) is 13.8. The number of hydrogen-bond donors (Lipinski definition) is 2. The number of nitrogens with zero attached hydrogens (tertiary/aromatic N) is 4. The highest BCUT2D eigenvalue weighted by Crippen LogP contribution is 2.10. The Kier molecular flexibility index (Phi) is 5.72. The standard InChI is InChI=1S/C13H20N6O.ClH/c20-13(17-19-5-1-2-6-19)11-9-16-12(10-15-11)18-7-3-14-4-8-18;/h9-10,14H,1-8H2,(H,17,20);1H. The van der Waals surface area contributed by atoms with Gasteiger partial charge in [-0.1, -0.05) is 0 Å². The molecule has 1 aromatic heterocycles. The van der Waals surface area contributed by atoms with E-state index in [2.05, 4.69) is 25.6 Å². The molecule has 2 N–H and O–H groups in total. The van der Waals surface area contributed by atoms with Crippen molar-refractivity contribution in [1.82, 2.24) is 25.7 Å². The molecule has 1 aromatic rings. The number of carbonyl (C=O) groups excluding carboxylic acids is 1. The number of amides is 1. The minimum Gasteiger partial charge on any atom is -0.353 e. The van der Waals surface area contributed by atoms with Gasteiger partial charge in [0, 0.05) is 39.3 Å². The molecule has 7 nitrogen and oxygen atoms in total. The van der Waals surface area contributed by atoms with Crippen LogP contribution in [0.5, 0.6) is 0 Å². The lowest BCUT2D eigenvalue weighted by Gasteiger charge is -2.28. The van der Waals surface area contributed by atoms with E-state index < -0.39 is 0 Å². The minimum atomic E-state index is -0.175. The van der Waals surface area contributed by atoms with Gasteiger partial charge in [-0.05, 0) is 12.8 Å². The molecule has 2 aliphatic rings. The van der Waals surface area contributed by atoms with Gasteiger partial charge in [-0.15, -0.1) is 12.4 Å². The van der Waals surface area contributed by atoms with Crippen molar-refractivity contribution in [3.63, 3.8) is 0 Å². The van der Waals surface area contributed by atoms with E-state index in [0.29, 0.717) is 5.69 Å². The Morgan fingerprint density at radius 3 is 2.43 bits per heavy atom. The molecule has 2 fully saturated rings. The molecule has 0 atom stereocenters. The monoisotopic (exact) mass is 312 g/mol. The first-order chi connectivity index (χ1) is 9.83. The molecule has 2 saturated heterocycles. The van der Waals surface area contributed by atoms with Crippen LogP contribution in [0.4, 0.5) is 5.82 Å². The predicted molar refractivity (Wildman–Crippen MR) is 82.6 cm³/mol. The van der Waals surface area contributed by atoms with Gasteiger partial charge in [0.25, 0.3) is 5.91 Å². The van der Waals surface area contributed by atoms with E-state index in [0.717, 1.165) is 57.9 Å². The van der Waals surface area contributed by atoms with Crippen LogP contribution < -0.4 is 15.6 Å². The molecule has 21 heavy (non-hydrogen) atoms. The Hall–Kier alpha value is -1.44. The summed E-state index contributed by atoms with van der Waals surface area (Å²) in [6.07, 6.45) is 5.51. The van der Waals surface area contributed by atoms with Gasteiger partial charge < -0.3 is 10.2 Å². The van der Waals surface area contributed by atoms with E-state index in [1.165, 1.54) is 0 Å². The SMILES string of the molecule is Cl.O=C(NN1CCCC1)c1cnc(N2CCNCC2)cn1. The second kappa shape index (κ2) is 7.53. The number of hydrogen-bond acceptors (Lipinski definition) is 6. The first-order valence-electron chi connectivity index (χ1n) is 7.16. The van der Waals surface area contributed by atoms with Crippen LogP contribution in [0.1, 0.15) is 23.3 Å². The fourth-order valence-corrected chi connectivity index (χ4v) is 2.53. The summed E-state index contributed by atoms with van der Waals surface area (Å²) in [6, 6.07) is 0. The van der Waals surface area contributed by atoms with Crippen molar-refractivity contribution in [3.05, 3.63) is 18.1 Å². The Balaban J connectivity index is 0.00000161. The molecule has 3 heterocycles. The smallest absolute Gasteiger partial charge is 0.285 e. The van der Waals surface area contributed by atoms with Gasteiger partial charge in [0.05, 0.1) is 12.4 Å². The summed E-state index contributed by atoms with van der Waals surface area (Å²) in [5.74, 6) is 0.662. The average Bonchev–Trinajstić information content (AvgIpc) is 3.01. The van der Waals surface area contributed by atoms with Crippen LogP contribution in [0.25, 0.3) is 0 Å². The van der Waals surface area contributed by atoms with Gasteiger partial charge in [0.2, 0.25) is 0 Å². The molecular weight excluding hydrogens is 292 g/mol. The molecule has 2 aliphatic heterocycles. The van der Waals surface area contributed by atoms with E-state index >= 15 is 0 Å². The molecule has 0 spiro atoms. The van der Waals surface area contributed by atoms with Gasteiger partial charge in [-0.3, -0.25) is 10.2 Å². The lowest BCUT2D eigenvalue weighted by atomic mass is 10.3. The highest BCUT2D eigenvalue weighted by molar-refractivity contribution is 5.91. The molecule has 8 heteroatoms. The van der Waals surface area contributed by atoms with Crippen LogP contribution in [0.2, 0.25) is 0 Å².